The number of nitrogen functional groups attached to an aromatic ring is 1. The van der Waals surface area contributed by atoms with Crippen LogP contribution in [0.2, 0.25) is 0 Å². The van der Waals surface area contributed by atoms with Crippen LogP contribution in [0.25, 0.3) is 0 Å². The Bertz CT molecular complexity index is 647. The molecule has 0 bridgehead atoms. The normalized spacial score (nSPS) is 10.8. The van der Waals surface area contributed by atoms with Crippen LogP contribution in [-0.2, 0) is 0 Å². The van der Waals surface area contributed by atoms with E-state index in [1.807, 2.05) is 43.5 Å². The quantitative estimate of drug-likeness (QED) is 0.891. The number of hydrogen-bond donors (Lipinski definition) is 2. The van der Waals surface area contributed by atoms with E-state index in [1.54, 1.807) is 12.3 Å². The minimum absolute atomic E-state index is 0.161. The Morgan fingerprint density at radius 3 is 2.65 bits per heavy atom. The molecule has 0 radical (unpaired) electrons. The van der Waals surface area contributed by atoms with Gasteiger partial charge in [0.15, 0.2) is 0 Å². The van der Waals surface area contributed by atoms with Crippen molar-refractivity contribution in [3.05, 3.63) is 46.2 Å². The SMILES string of the molecule is Cc1ccc(NC(=O)c2cc(N)cn2C(C)C)cc1Br. The van der Waals surface area contributed by atoms with Crippen LogP contribution in [0.3, 0.4) is 0 Å². The molecule has 0 unspecified atom stereocenters. The monoisotopic (exact) mass is 335 g/mol. The second kappa shape index (κ2) is 5.71. The molecule has 1 amide bonds. The molecule has 20 heavy (non-hydrogen) atoms. The number of nitrogens with zero attached hydrogens (tertiary/aromatic N) is 1. The number of anilines is 2. The molecule has 1 aromatic heterocycles. The predicted molar refractivity (Wildman–Crippen MR) is 86.1 cm³/mol. The molecule has 0 aliphatic carbocycles. The Kier molecular flexibility index (Phi) is 4.18. The van der Waals surface area contributed by atoms with Crippen molar-refractivity contribution in [1.29, 1.82) is 0 Å². The van der Waals surface area contributed by atoms with Gasteiger partial charge < -0.3 is 15.6 Å². The number of carbonyl (C=O) groups is 1. The fourth-order valence-corrected chi connectivity index (χ4v) is 2.35. The third-order valence-electron chi connectivity index (χ3n) is 3.09. The standard InChI is InChI=1S/C15H18BrN3O/c1-9(2)19-8-11(17)6-14(19)15(20)18-12-5-4-10(3)13(16)7-12/h4-9H,17H2,1-3H3,(H,18,20). The van der Waals surface area contributed by atoms with Crippen molar-refractivity contribution < 1.29 is 4.79 Å². The molecule has 5 heteroatoms. The first-order valence-electron chi connectivity index (χ1n) is 6.43. The van der Waals surface area contributed by atoms with Crippen LogP contribution in [0.1, 0.15) is 35.9 Å². The summed E-state index contributed by atoms with van der Waals surface area (Å²) < 4.78 is 2.84. The smallest absolute Gasteiger partial charge is 0.272 e. The van der Waals surface area contributed by atoms with Crippen molar-refractivity contribution in [3.63, 3.8) is 0 Å². The van der Waals surface area contributed by atoms with E-state index in [2.05, 4.69) is 21.2 Å². The zero-order valence-corrected chi connectivity index (χ0v) is 13.4. The molecule has 0 saturated carbocycles. The lowest BCUT2D eigenvalue weighted by atomic mass is 10.2. The molecule has 0 spiro atoms. The van der Waals surface area contributed by atoms with Crippen LogP contribution in [0, 0.1) is 6.92 Å². The fourth-order valence-electron chi connectivity index (χ4n) is 1.98. The average Bonchev–Trinajstić information content (AvgIpc) is 2.76. The minimum atomic E-state index is -0.161. The average molecular weight is 336 g/mol. The summed E-state index contributed by atoms with van der Waals surface area (Å²) in [6.45, 7) is 6.03. The van der Waals surface area contributed by atoms with E-state index in [1.165, 1.54) is 0 Å². The lowest BCUT2D eigenvalue weighted by molar-refractivity contribution is 0.101. The molecule has 3 N–H and O–H groups in total. The Balaban J connectivity index is 2.26. The van der Waals surface area contributed by atoms with Gasteiger partial charge in [-0.1, -0.05) is 22.0 Å². The molecular weight excluding hydrogens is 318 g/mol. The number of nitrogens with two attached hydrogens (primary N) is 1. The number of carbonyl (C=O) groups excluding carboxylic acids is 1. The van der Waals surface area contributed by atoms with E-state index >= 15 is 0 Å². The number of benzene rings is 1. The summed E-state index contributed by atoms with van der Waals surface area (Å²) in [4.78, 5) is 12.3. The number of hydrogen-bond acceptors (Lipinski definition) is 2. The van der Waals surface area contributed by atoms with Crippen LogP contribution in [0.4, 0.5) is 11.4 Å². The number of rotatable bonds is 3. The molecule has 0 fully saturated rings. The maximum atomic E-state index is 12.3. The van der Waals surface area contributed by atoms with Crippen molar-refractivity contribution in [2.24, 2.45) is 0 Å². The lowest BCUT2D eigenvalue weighted by Gasteiger charge is -2.13. The minimum Gasteiger partial charge on any atom is -0.397 e. The first-order valence-corrected chi connectivity index (χ1v) is 7.22. The van der Waals surface area contributed by atoms with Gasteiger partial charge >= 0.3 is 0 Å². The van der Waals surface area contributed by atoms with E-state index in [9.17, 15) is 4.79 Å². The summed E-state index contributed by atoms with van der Waals surface area (Å²) in [5.74, 6) is -0.161. The molecule has 0 atom stereocenters. The maximum Gasteiger partial charge on any atom is 0.272 e. The van der Waals surface area contributed by atoms with Crippen LogP contribution in [-0.4, -0.2) is 10.5 Å². The molecule has 0 aliphatic heterocycles. The number of aryl methyl sites for hydroxylation is 1. The van der Waals surface area contributed by atoms with Gasteiger partial charge in [-0.15, -0.1) is 0 Å². The number of amides is 1. The van der Waals surface area contributed by atoms with Gasteiger partial charge in [0.05, 0.1) is 5.69 Å². The third kappa shape index (κ3) is 3.04. The summed E-state index contributed by atoms with van der Waals surface area (Å²) in [6.07, 6.45) is 1.78. The van der Waals surface area contributed by atoms with Gasteiger partial charge in [-0.2, -0.15) is 0 Å². The van der Waals surface area contributed by atoms with Gasteiger partial charge in [0.1, 0.15) is 5.69 Å². The van der Waals surface area contributed by atoms with E-state index < -0.39 is 0 Å². The second-order valence-electron chi connectivity index (χ2n) is 5.08. The highest BCUT2D eigenvalue weighted by atomic mass is 79.9. The van der Waals surface area contributed by atoms with Crippen LogP contribution in [0.5, 0.6) is 0 Å². The molecular formula is C15H18BrN3O. The van der Waals surface area contributed by atoms with Gasteiger partial charge in [0.2, 0.25) is 0 Å². The highest BCUT2D eigenvalue weighted by Gasteiger charge is 2.15. The predicted octanol–water partition coefficient (Wildman–Crippen LogP) is 3.97. The number of halogens is 1. The molecule has 0 aliphatic rings. The van der Waals surface area contributed by atoms with Gasteiger partial charge in [0, 0.05) is 22.4 Å². The van der Waals surface area contributed by atoms with Gasteiger partial charge in [0.25, 0.3) is 5.91 Å². The Labute approximate surface area is 127 Å². The maximum absolute atomic E-state index is 12.3. The van der Waals surface area contributed by atoms with Crippen molar-refractivity contribution in [3.8, 4) is 0 Å². The summed E-state index contributed by atoms with van der Waals surface area (Å²) >= 11 is 3.46. The van der Waals surface area contributed by atoms with Crippen molar-refractivity contribution in [2.45, 2.75) is 26.8 Å². The lowest BCUT2D eigenvalue weighted by Crippen LogP contribution is -2.17. The Morgan fingerprint density at radius 1 is 1.35 bits per heavy atom. The van der Waals surface area contributed by atoms with Crippen molar-refractivity contribution in [2.75, 3.05) is 11.1 Å². The number of nitrogens with one attached hydrogen (secondary N) is 1. The molecule has 4 nitrogen and oxygen atoms in total. The van der Waals surface area contributed by atoms with E-state index in [-0.39, 0.29) is 11.9 Å². The zero-order chi connectivity index (χ0) is 14.9. The number of aromatic nitrogens is 1. The van der Waals surface area contributed by atoms with Crippen LogP contribution in [0.15, 0.2) is 34.9 Å². The van der Waals surface area contributed by atoms with Gasteiger partial charge in [-0.3, -0.25) is 4.79 Å². The molecule has 1 heterocycles. The van der Waals surface area contributed by atoms with Crippen LogP contribution < -0.4 is 11.1 Å². The second-order valence-corrected chi connectivity index (χ2v) is 5.93. The molecule has 2 rings (SSSR count). The third-order valence-corrected chi connectivity index (χ3v) is 3.94. The van der Waals surface area contributed by atoms with Crippen LogP contribution >= 0.6 is 15.9 Å². The highest BCUT2D eigenvalue weighted by molar-refractivity contribution is 9.10. The summed E-state index contributed by atoms with van der Waals surface area (Å²) in [6, 6.07) is 7.59. The van der Waals surface area contributed by atoms with Crippen molar-refractivity contribution >= 4 is 33.2 Å². The first-order chi connectivity index (χ1) is 9.38. The molecule has 2 aromatic rings. The Morgan fingerprint density at radius 2 is 2.05 bits per heavy atom. The summed E-state index contributed by atoms with van der Waals surface area (Å²) in [7, 11) is 0. The molecule has 106 valence electrons. The highest BCUT2D eigenvalue weighted by Crippen LogP contribution is 2.22. The van der Waals surface area contributed by atoms with Gasteiger partial charge in [-0.05, 0) is 44.5 Å². The summed E-state index contributed by atoms with van der Waals surface area (Å²) in [5, 5.41) is 2.89. The van der Waals surface area contributed by atoms with E-state index in [4.69, 9.17) is 5.73 Å². The van der Waals surface area contributed by atoms with E-state index in [0.29, 0.717) is 11.4 Å². The fraction of sp³-hybridized carbons (Fsp3) is 0.267. The zero-order valence-electron chi connectivity index (χ0n) is 11.8. The van der Waals surface area contributed by atoms with Crippen molar-refractivity contribution in [1.82, 2.24) is 4.57 Å². The Hall–Kier alpha value is -1.75. The first kappa shape index (κ1) is 14.7. The molecule has 1 aromatic carbocycles. The topological polar surface area (TPSA) is 60.1 Å². The summed E-state index contributed by atoms with van der Waals surface area (Å²) in [5.41, 5.74) is 8.82. The molecule has 0 saturated heterocycles. The van der Waals surface area contributed by atoms with E-state index in [0.717, 1.165) is 15.7 Å². The largest absolute Gasteiger partial charge is 0.397 e. The van der Waals surface area contributed by atoms with Gasteiger partial charge in [-0.25, -0.2) is 0 Å².